The average Bonchev–Trinajstić information content (AvgIpc) is 3.02. The van der Waals surface area contributed by atoms with E-state index in [9.17, 15) is 9.90 Å². The van der Waals surface area contributed by atoms with Crippen LogP contribution >= 0.6 is 0 Å². The van der Waals surface area contributed by atoms with Crippen molar-refractivity contribution in [2.75, 3.05) is 19.8 Å². The van der Waals surface area contributed by atoms with Crippen molar-refractivity contribution in [3.05, 3.63) is 42.0 Å². The Balaban J connectivity index is 1.52. The SMILES string of the molecule is O=C(N[C@@H]1CCO[C@]2(CCOC2)C1)c1cc(O)c2ccccc2c1. The molecule has 2 aliphatic heterocycles. The summed E-state index contributed by atoms with van der Waals surface area (Å²) in [6.07, 6.45) is 2.46. The van der Waals surface area contributed by atoms with Gasteiger partial charge in [-0.05, 0) is 30.4 Å². The molecular formula is C19H21NO4. The fourth-order valence-electron chi connectivity index (χ4n) is 3.70. The van der Waals surface area contributed by atoms with E-state index in [1.54, 1.807) is 0 Å². The summed E-state index contributed by atoms with van der Waals surface area (Å²) in [6.45, 7) is 1.96. The largest absolute Gasteiger partial charge is 0.507 e. The highest BCUT2D eigenvalue weighted by Crippen LogP contribution is 2.33. The van der Waals surface area contributed by atoms with Gasteiger partial charge in [0.05, 0.1) is 12.2 Å². The Kier molecular flexibility index (Phi) is 3.90. The zero-order valence-corrected chi connectivity index (χ0v) is 13.5. The molecule has 2 aliphatic rings. The van der Waals surface area contributed by atoms with E-state index < -0.39 is 0 Å². The van der Waals surface area contributed by atoms with Gasteiger partial charge in [0, 0.05) is 36.6 Å². The molecule has 5 heteroatoms. The molecule has 2 saturated heterocycles. The van der Waals surface area contributed by atoms with Gasteiger partial charge in [0.25, 0.3) is 5.91 Å². The molecule has 0 aromatic heterocycles. The van der Waals surface area contributed by atoms with E-state index in [1.165, 1.54) is 6.07 Å². The lowest BCUT2D eigenvalue weighted by molar-refractivity contribution is -0.0881. The number of aromatic hydroxyl groups is 1. The molecule has 2 N–H and O–H groups in total. The van der Waals surface area contributed by atoms with Gasteiger partial charge >= 0.3 is 0 Å². The van der Waals surface area contributed by atoms with Gasteiger partial charge < -0.3 is 19.9 Å². The molecule has 2 fully saturated rings. The summed E-state index contributed by atoms with van der Waals surface area (Å²) < 4.78 is 11.4. The van der Waals surface area contributed by atoms with E-state index >= 15 is 0 Å². The molecule has 2 heterocycles. The molecule has 1 spiro atoms. The molecule has 2 atom stereocenters. The normalized spacial score (nSPS) is 26.8. The highest BCUT2D eigenvalue weighted by molar-refractivity contribution is 6.00. The van der Waals surface area contributed by atoms with Crippen LogP contribution in [0.3, 0.4) is 0 Å². The van der Waals surface area contributed by atoms with E-state index in [0.29, 0.717) is 18.8 Å². The Bertz CT molecular complexity index is 767. The van der Waals surface area contributed by atoms with Crippen molar-refractivity contribution in [1.29, 1.82) is 0 Å². The van der Waals surface area contributed by atoms with Gasteiger partial charge in [0.15, 0.2) is 0 Å². The molecule has 0 unspecified atom stereocenters. The lowest BCUT2D eigenvalue weighted by Gasteiger charge is -2.37. The highest BCUT2D eigenvalue weighted by Gasteiger charge is 2.41. The smallest absolute Gasteiger partial charge is 0.251 e. The molecule has 2 aromatic carbocycles. The van der Waals surface area contributed by atoms with Crippen molar-refractivity contribution < 1.29 is 19.4 Å². The Morgan fingerprint density at radius 1 is 1.25 bits per heavy atom. The minimum Gasteiger partial charge on any atom is -0.507 e. The van der Waals surface area contributed by atoms with Gasteiger partial charge in [0.2, 0.25) is 0 Å². The summed E-state index contributed by atoms with van der Waals surface area (Å²) in [7, 11) is 0. The minimum atomic E-state index is -0.234. The minimum absolute atomic E-state index is 0.0709. The van der Waals surface area contributed by atoms with E-state index in [1.807, 2.05) is 30.3 Å². The van der Waals surface area contributed by atoms with Gasteiger partial charge in [-0.15, -0.1) is 0 Å². The summed E-state index contributed by atoms with van der Waals surface area (Å²) in [5.74, 6) is -0.0251. The van der Waals surface area contributed by atoms with Crippen LogP contribution in [0.15, 0.2) is 36.4 Å². The number of ether oxygens (including phenoxy) is 2. The van der Waals surface area contributed by atoms with Crippen LogP contribution in [0.1, 0.15) is 29.6 Å². The molecule has 0 aliphatic carbocycles. The maximum absolute atomic E-state index is 12.6. The number of carbonyl (C=O) groups excluding carboxylic acids is 1. The van der Waals surface area contributed by atoms with E-state index in [0.717, 1.165) is 36.6 Å². The number of carbonyl (C=O) groups is 1. The number of rotatable bonds is 2. The molecule has 1 amide bonds. The zero-order valence-electron chi connectivity index (χ0n) is 13.5. The van der Waals surface area contributed by atoms with Gasteiger partial charge in [-0.1, -0.05) is 24.3 Å². The Hall–Kier alpha value is -2.11. The number of nitrogens with one attached hydrogen (secondary N) is 1. The van der Waals surface area contributed by atoms with Crippen LogP contribution in [-0.4, -0.2) is 42.5 Å². The fourth-order valence-corrected chi connectivity index (χ4v) is 3.70. The number of amides is 1. The number of phenolic OH excluding ortho intramolecular Hbond substituents is 1. The second kappa shape index (κ2) is 6.07. The molecule has 2 aromatic rings. The summed E-state index contributed by atoms with van der Waals surface area (Å²) in [4.78, 5) is 12.6. The van der Waals surface area contributed by atoms with E-state index in [2.05, 4.69) is 5.32 Å². The van der Waals surface area contributed by atoms with Crippen molar-refractivity contribution in [3.63, 3.8) is 0 Å². The Morgan fingerprint density at radius 2 is 2.12 bits per heavy atom. The predicted molar refractivity (Wildman–Crippen MR) is 90.2 cm³/mol. The standard InChI is InChI=1S/C19H21NO4/c21-17-10-14(9-13-3-1-2-4-16(13)17)18(22)20-15-5-7-24-19(11-15)6-8-23-12-19/h1-4,9-10,15,21H,5-8,11-12H2,(H,20,22)/t15-,19-/m1/s1. The maximum atomic E-state index is 12.6. The van der Waals surface area contributed by atoms with Crippen molar-refractivity contribution in [3.8, 4) is 5.75 Å². The van der Waals surface area contributed by atoms with E-state index in [-0.39, 0.29) is 23.3 Å². The summed E-state index contributed by atoms with van der Waals surface area (Å²) in [5.41, 5.74) is 0.247. The van der Waals surface area contributed by atoms with Crippen LogP contribution in [0, 0.1) is 0 Å². The predicted octanol–water partition coefficient (Wildman–Crippen LogP) is 2.61. The number of fused-ring (bicyclic) bond motifs is 1. The summed E-state index contributed by atoms with van der Waals surface area (Å²) in [5, 5.41) is 14.9. The van der Waals surface area contributed by atoms with Crippen LogP contribution in [0.2, 0.25) is 0 Å². The van der Waals surface area contributed by atoms with E-state index in [4.69, 9.17) is 9.47 Å². The first-order chi connectivity index (χ1) is 11.7. The molecule has 0 saturated carbocycles. The van der Waals surface area contributed by atoms with Gasteiger partial charge in [-0.3, -0.25) is 4.79 Å². The topological polar surface area (TPSA) is 67.8 Å². The Morgan fingerprint density at radius 3 is 2.96 bits per heavy atom. The fraction of sp³-hybridized carbons (Fsp3) is 0.421. The zero-order chi connectivity index (χ0) is 16.6. The quantitative estimate of drug-likeness (QED) is 0.890. The highest BCUT2D eigenvalue weighted by atomic mass is 16.6. The first kappa shape index (κ1) is 15.4. The molecule has 4 rings (SSSR count). The van der Waals surface area contributed by atoms with Gasteiger partial charge in [-0.25, -0.2) is 0 Å². The van der Waals surface area contributed by atoms with Gasteiger partial charge in [0.1, 0.15) is 5.75 Å². The molecule has 126 valence electrons. The van der Waals surface area contributed by atoms with Crippen molar-refractivity contribution in [2.24, 2.45) is 0 Å². The molecule has 5 nitrogen and oxygen atoms in total. The lowest BCUT2D eigenvalue weighted by atomic mass is 9.89. The molecule has 0 radical (unpaired) electrons. The monoisotopic (exact) mass is 327 g/mol. The summed E-state index contributed by atoms with van der Waals surface area (Å²) >= 11 is 0. The first-order valence-corrected chi connectivity index (χ1v) is 8.40. The maximum Gasteiger partial charge on any atom is 0.251 e. The second-order valence-corrected chi connectivity index (χ2v) is 6.71. The molecule has 24 heavy (non-hydrogen) atoms. The number of hydrogen-bond acceptors (Lipinski definition) is 4. The van der Waals surface area contributed by atoms with Crippen molar-refractivity contribution >= 4 is 16.7 Å². The second-order valence-electron chi connectivity index (χ2n) is 6.71. The summed E-state index contributed by atoms with van der Waals surface area (Å²) in [6, 6.07) is 10.9. The van der Waals surface area contributed by atoms with Crippen LogP contribution in [0.4, 0.5) is 0 Å². The van der Waals surface area contributed by atoms with Crippen LogP contribution < -0.4 is 5.32 Å². The van der Waals surface area contributed by atoms with Crippen molar-refractivity contribution in [1.82, 2.24) is 5.32 Å². The lowest BCUT2D eigenvalue weighted by Crippen LogP contribution is -2.49. The number of hydrogen-bond donors (Lipinski definition) is 2. The number of benzene rings is 2. The van der Waals surface area contributed by atoms with Crippen LogP contribution in [-0.2, 0) is 9.47 Å². The van der Waals surface area contributed by atoms with Crippen LogP contribution in [0.25, 0.3) is 10.8 Å². The van der Waals surface area contributed by atoms with Crippen LogP contribution in [0.5, 0.6) is 5.75 Å². The molecular weight excluding hydrogens is 306 g/mol. The third kappa shape index (κ3) is 2.85. The average molecular weight is 327 g/mol. The Labute approximate surface area is 140 Å². The third-order valence-electron chi connectivity index (χ3n) is 5.00. The molecule has 0 bridgehead atoms. The first-order valence-electron chi connectivity index (χ1n) is 8.40. The van der Waals surface area contributed by atoms with Crippen molar-refractivity contribution in [2.45, 2.75) is 30.9 Å². The number of phenols is 1. The third-order valence-corrected chi connectivity index (χ3v) is 5.00. The van der Waals surface area contributed by atoms with Gasteiger partial charge in [-0.2, -0.15) is 0 Å².